The molecule has 580 valence electrons. The molecule has 0 heterocycles. The topological polar surface area (TPSA) is 177 Å². The molecule has 12 nitrogen and oxygen atoms in total. The first-order valence-electron chi connectivity index (χ1n) is 43.4. The van der Waals surface area contributed by atoms with Crippen molar-refractivity contribution in [2.24, 2.45) is 5.92 Å². The molecule has 0 rings (SSSR count). The van der Waals surface area contributed by atoms with Gasteiger partial charge in [0.2, 0.25) is 5.91 Å². The predicted molar refractivity (Wildman–Crippen MR) is 418 cm³/mol. The van der Waals surface area contributed by atoms with Crippen LogP contribution in [0.5, 0.6) is 0 Å². The number of aliphatic hydroxyl groups is 5. The lowest BCUT2D eigenvalue weighted by Gasteiger charge is -2.35. The first-order chi connectivity index (χ1) is 47.2. The Labute approximate surface area is 603 Å². The largest absolute Gasteiger partial charge is 0.480 e. The van der Waals surface area contributed by atoms with Crippen LogP contribution in [0.2, 0.25) is 0 Å². The standard InChI is InChI=1S/C85H172N4O8/c1-8-14-20-26-32-38-44-50-60-76(7)70-87(71-77(90)61-51-45-39-33-27-21-15-9-2)68-58-56-66-82(85(96)97)86-84(95)83(89(74-80(93)64-54-48-42-36-30-24-18-12-5)75-81(94)65-55-49-43-37-31-25-19-13-6)67-57-59-69-88(72-78(91)62-52-46-40-34-28-22-16-10-3)73-79(92)63-53-47-41-35-29-23-17-11-4/h76-83,90-94H,8-75H2,1-7H3,(H,86,95)(H,96,97). The lowest BCUT2D eigenvalue weighted by molar-refractivity contribution is -0.143. The molecule has 0 radical (unpaired) electrons. The zero-order valence-corrected chi connectivity index (χ0v) is 66.0. The van der Waals surface area contributed by atoms with E-state index in [-0.39, 0.29) is 25.4 Å². The molecule has 8 unspecified atom stereocenters. The highest BCUT2D eigenvalue weighted by Crippen LogP contribution is 2.23. The molecule has 97 heavy (non-hydrogen) atoms. The van der Waals surface area contributed by atoms with Gasteiger partial charge in [-0.1, -0.05) is 363 Å². The molecule has 0 bridgehead atoms. The lowest BCUT2D eigenvalue weighted by Crippen LogP contribution is -2.54. The summed E-state index contributed by atoms with van der Waals surface area (Å²) in [5.41, 5.74) is 0. The molecular weight excluding hydrogens is 1200 g/mol. The number of rotatable bonds is 80. The number of unbranched alkanes of at least 4 members (excludes halogenated alkanes) is 44. The van der Waals surface area contributed by atoms with Crippen molar-refractivity contribution in [3.8, 4) is 0 Å². The SMILES string of the molecule is CCCCCCCCCCC(C)CN(CCCCC(NC(=O)C(CCCCN(CC(O)CCCCCCCCCC)CC(O)CCCCCCCCCC)N(CC(O)CCCCCCCCCC)CC(O)CCCCCCCCCC)C(=O)O)CC(O)CCCCCCCCCC. The average Bonchev–Trinajstić information content (AvgIpc) is 0.976. The van der Waals surface area contributed by atoms with Crippen LogP contribution in [-0.2, 0) is 9.59 Å². The maximum Gasteiger partial charge on any atom is 0.326 e. The molecule has 8 atom stereocenters. The Bertz CT molecular complexity index is 1530. The van der Waals surface area contributed by atoms with Gasteiger partial charge in [0.15, 0.2) is 0 Å². The first kappa shape index (κ1) is 95.6. The quantitative estimate of drug-likeness (QED) is 0.0289. The Morgan fingerprint density at radius 3 is 0.784 bits per heavy atom. The third kappa shape index (κ3) is 64.0. The van der Waals surface area contributed by atoms with E-state index < -0.39 is 48.6 Å². The molecule has 0 saturated heterocycles. The number of amides is 1. The fraction of sp³-hybridized carbons (Fsp3) is 0.976. The molecule has 12 heteroatoms. The Morgan fingerprint density at radius 1 is 0.278 bits per heavy atom. The summed E-state index contributed by atoms with van der Waals surface area (Å²) in [5, 5.41) is 72.2. The number of hydrogen-bond donors (Lipinski definition) is 7. The van der Waals surface area contributed by atoms with Gasteiger partial charge in [-0.25, -0.2) is 4.79 Å². The van der Waals surface area contributed by atoms with E-state index in [9.17, 15) is 35.4 Å². The number of carboxylic acids is 1. The van der Waals surface area contributed by atoms with Crippen molar-refractivity contribution in [3.63, 3.8) is 0 Å². The summed E-state index contributed by atoms with van der Waals surface area (Å²) in [7, 11) is 0. The number of nitrogens with zero attached hydrogens (tertiary/aromatic N) is 3. The van der Waals surface area contributed by atoms with Gasteiger partial charge in [-0.2, -0.15) is 0 Å². The number of carbonyl (C=O) groups is 2. The summed E-state index contributed by atoms with van der Waals surface area (Å²) < 4.78 is 0. The van der Waals surface area contributed by atoms with Crippen LogP contribution in [0.4, 0.5) is 0 Å². The fourth-order valence-electron chi connectivity index (χ4n) is 14.8. The number of hydrogen-bond acceptors (Lipinski definition) is 10. The first-order valence-corrected chi connectivity index (χ1v) is 43.4. The molecule has 0 aromatic rings. The van der Waals surface area contributed by atoms with Crippen LogP contribution in [0, 0.1) is 5.92 Å². The summed E-state index contributed by atoms with van der Waals surface area (Å²) in [5.74, 6) is -0.911. The van der Waals surface area contributed by atoms with Crippen LogP contribution in [0.25, 0.3) is 0 Å². The van der Waals surface area contributed by atoms with Gasteiger partial charge in [0.25, 0.3) is 0 Å². The summed E-state index contributed by atoms with van der Waals surface area (Å²) in [4.78, 5) is 35.2. The van der Waals surface area contributed by atoms with Crippen molar-refractivity contribution in [2.75, 3.05) is 52.4 Å². The number of aliphatic hydroxyl groups excluding tert-OH is 5. The number of carboxylic acid groups (broad SMARTS) is 1. The summed E-state index contributed by atoms with van der Waals surface area (Å²) in [6.07, 6.45) is 63.6. The second-order valence-electron chi connectivity index (χ2n) is 31.3. The molecule has 1 amide bonds. The predicted octanol–water partition coefficient (Wildman–Crippen LogP) is 21.8. The maximum absolute atomic E-state index is 15.2. The van der Waals surface area contributed by atoms with Crippen molar-refractivity contribution in [2.45, 2.75) is 476 Å². The second-order valence-corrected chi connectivity index (χ2v) is 31.3. The Balaban J connectivity index is 6.75. The summed E-state index contributed by atoms with van der Waals surface area (Å²) in [6, 6.07) is -1.86. The zero-order chi connectivity index (χ0) is 71.3. The minimum absolute atomic E-state index is 0.223. The highest BCUT2D eigenvalue weighted by atomic mass is 16.4. The van der Waals surface area contributed by atoms with Crippen molar-refractivity contribution < 1.29 is 40.2 Å². The van der Waals surface area contributed by atoms with Crippen molar-refractivity contribution in [1.82, 2.24) is 20.0 Å². The summed E-state index contributed by atoms with van der Waals surface area (Å²) in [6.45, 7) is 20.3. The van der Waals surface area contributed by atoms with E-state index in [0.29, 0.717) is 64.2 Å². The van der Waals surface area contributed by atoms with Crippen LogP contribution in [0.3, 0.4) is 0 Å². The average molecular weight is 1380 g/mol. The third-order valence-corrected chi connectivity index (χ3v) is 21.1. The van der Waals surface area contributed by atoms with E-state index in [0.717, 1.165) is 122 Å². The molecule has 0 aliphatic heterocycles. The molecule has 0 aromatic heterocycles. The van der Waals surface area contributed by atoms with Gasteiger partial charge in [0, 0.05) is 39.3 Å². The zero-order valence-electron chi connectivity index (χ0n) is 66.0. The minimum atomic E-state index is -1.09. The van der Waals surface area contributed by atoms with E-state index in [1.807, 2.05) is 4.90 Å². The molecular formula is C85H172N4O8. The molecule has 7 N–H and O–H groups in total. The Hall–Kier alpha value is -1.38. The van der Waals surface area contributed by atoms with Gasteiger partial charge in [-0.05, 0) is 89.6 Å². The van der Waals surface area contributed by atoms with Gasteiger partial charge in [-0.15, -0.1) is 0 Å². The normalized spacial score (nSPS) is 14.6. The van der Waals surface area contributed by atoms with Crippen LogP contribution in [0.15, 0.2) is 0 Å². The van der Waals surface area contributed by atoms with Crippen LogP contribution >= 0.6 is 0 Å². The summed E-state index contributed by atoms with van der Waals surface area (Å²) >= 11 is 0. The van der Waals surface area contributed by atoms with Gasteiger partial charge < -0.3 is 40.9 Å². The minimum Gasteiger partial charge on any atom is -0.480 e. The van der Waals surface area contributed by atoms with Gasteiger partial charge in [0.1, 0.15) is 6.04 Å². The molecule has 0 fully saturated rings. The van der Waals surface area contributed by atoms with Gasteiger partial charge in [-0.3, -0.25) is 14.6 Å². The lowest BCUT2D eigenvalue weighted by atomic mass is 10.00. The molecule has 0 spiro atoms. The van der Waals surface area contributed by atoms with Crippen LogP contribution < -0.4 is 5.32 Å². The number of aliphatic carboxylic acids is 1. The molecule has 0 aliphatic rings. The van der Waals surface area contributed by atoms with Crippen molar-refractivity contribution in [3.05, 3.63) is 0 Å². The highest BCUT2D eigenvalue weighted by Gasteiger charge is 2.32. The van der Waals surface area contributed by atoms with Crippen molar-refractivity contribution >= 4 is 11.9 Å². The number of carbonyl (C=O) groups excluding carboxylic acids is 1. The van der Waals surface area contributed by atoms with E-state index in [1.165, 1.54) is 238 Å². The van der Waals surface area contributed by atoms with E-state index in [4.69, 9.17) is 0 Å². The molecule has 0 aromatic carbocycles. The van der Waals surface area contributed by atoms with Crippen LogP contribution in [0.1, 0.15) is 434 Å². The smallest absolute Gasteiger partial charge is 0.326 e. The third-order valence-electron chi connectivity index (χ3n) is 21.1. The van der Waals surface area contributed by atoms with Crippen molar-refractivity contribution in [1.29, 1.82) is 0 Å². The fourth-order valence-corrected chi connectivity index (χ4v) is 14.8. The van der Waals surface area contributed by atoms with E-state index >= 15 is 4.79 Å². The maximum atomic E-state index is 15.2. The molecule has 0 saturated carbocycles. The highest BCUT2D eigenvalue weighted by molar-refractivity contribution is 5.87. The van der Waals surface area contributed by atoms with E-state index in [1.54, 1.807) is 0 Å². The monoisotopic (exact) mass is 1380 g/mol. The van der Waals surface area contributed by atoms with E-state index in [2.05, 4.69) is 63.6 Å². The number of nitrogens with one attached hydrogen (secondary N) is 1. The second kappa shape index (κ2) is 73.0. The van der Waals surface area contributed by atoms with Crippen LogP contribution in [-0.4, -0.2) is 152 Å². The Morgan fingerprint density at radius 2 is 0.505 bits per heavy atom. The Kier molecular flexibility index (Phi) is 71.9. The molecule has 0 aliphatic carbocycles. The van der Waals surface area contributed by atoms with Gasteiger partial charge >= 0.3 is 5.97 Å². The van der Waals surface area contributed by atoms with Gasteiger partial charge in [0.05, 0.1) is 36.6 Å².